The molecule has 1 atom stereocenters. The van der Waals surface area contributed by atoms with E-state index in [-0.39, 0.29) is 6.61 Å². The Balaban J connectivity index is 1.80. The van der Waals surface area contributed by atoms with Crippen LogP contribution in [0.3, 0.4) is 0 Å². The van der Waals surface area contributed by atoms with Crippen LogP contribution in [0, 0.1) is 0 Å². The number of amides is 2. The maximum atomic E-state index is 12.4. The summed E-state index contributed by atoms with van der Waals surface area (Å²) in [7, 11) is 0. The number of unbranched alkanes of at least 4 members (excludes halogenated alkanes) is 2. The molecule has 2 aromatic carbocycles. The van der Waals surface area contributed by atoms with Gasteiger partial charge in [0, 0.05) is 0 Å². The smallest absolute Gasteiger partial charge is 0.276 e. The molecule has 0 spiro atoms. The first kappa shape index (κ1) is 23.3. The molecule has 0 aromatic heterocycles. The van der Waals surface area contributed by atoms with Gasteiger partial charge < -0.3 is 9.47 Å². The van der Waals surface area contributed by atoms with Gasteiger partial charge >= 0.3 is 0 Å². The molecule has 6 heteroatoms. The van der Waals surface area contributed by atoms with Gasteiger partial charge in [0.1, 0.15) is 11.5 Å². The van der Waals surface area contributed by atoms with Crippen molar-refractivity contribution in [2.24, 2.45) is 0 Å². The van der Waals surface area contributed by atoms with Crippen molar-refractivity contribution >= 4 is 11.8 Å². The molecular formula is C24H32N2O4. The summed E-state index contributed by atoms with van der Waals surface area (Å²) in [6.45, 7) is 6.78. The Morgan fingerprint density at radius 2 is 1.67 bits per heavy atom. The van der Waals surface area contributed by atoms with Gasteiger partial charge in [0.05, 0.1) is 12.2 Å². The zero-order valence-electron chi connectivity index (χ0n) is 18.1. The zero-order valence-corrected chi connectivity index (χ0v) is 18.1. The highest BCUT2D eigenvalue weighted by Gasteiger charge is 2.13. The van der Waals surface area contributed by atoms with E-state index in [4.69, 9.17) is 9.47 Å². The van der Waals surface area contributed by atoms with Crippen LogP contribution in [0.4, 0.5) is 0 Å². The molecule has 2 amide bonds. The number of carbonyl (C=O) groups is 2. The predicted molar refractivity (Wildman–Crippen MR) is 118 cm³/mol. The maximum absolute atomic E-state index is 12.4. The lowest BCUT2D eigenvalue weighted by Crippen LogP contribution is -2.43. The summed E-state index contributed by atoms with van der Waals surface area (Å²) in [6, 6.07) is 14.7. The molecule has 0 saturated heterocycles. The monoisotopic (exact) mass is 412 g/mol. The highest BCUT2D eigenvalue weighted by Crippen LogP contribution is 2.21. The van der Waals surface area contributed by atoms with Crippen molar-refractivity contribution in [3.05, 3.63) is 59.7 Å². The van der Waals surface area contributed by atoms with E-state index in [1.807, 2.05) is 30.3 Å². The molecule has 2 rings (SSSR count). The van der Waals surface area contributed by atoms with Crippen LogP contribution < -0.4 is 20.3 Å². The summed E-state index contributed by atoms with van der Waals surface area (Å²) in [5.74, 6) is 0.700. The van der Waals surface area contributed by atoms with Crippen molar-refractivity contribution in [3.8, 4) is 11.5 Å². The van der Waals surface area contributed by atoms with Crippen molar-refractivity contribution in [2.45, 2.75) is 52.4 Å². The number of nitrogens with one attached hydrogen (secondary N) is 2. The third kappa shape index (κ3) is 7.43. The summed E-state index contributed by atoms with van der Waals surface area (Å²) >= 11 is 0. The summed E-state index contributed by atoms with van der Waals surface area (Å²) < 4.78 is 11.2. The van der Waals surface area contributed by atoms with Crippen molar-refractivity contribution in [1.82, 2.24) is 10.9 Å². The number of ether oxygens (including phenoxy) is 2. The quantitative estimate of drug-likeness (QED) is 0.417. The minimum atomic E-state index is -0.448. The van der Waals surface area contributed by atoms with Crippen LogP contribution >= 0.6 is 0 Å². The first-order chi connectivity index (χ1) is 14.5. The van der Waals surface area contributed by atoms with Gasteiger partial charge in [0.2, 0.25) is 0 Å². The molecule has 0 saturated carbocycles. The Labute approximate surface area is 178 Å². The van der Waals surface area contributed by atoms with Gasteiger partial charge in [-0.25, -0.2) is 0 Å². The van der Waals surface area contributed by atoms with Gasteiger partial charge in [0.15, 0.2) is 6.61 Å². The molecule has 0 unspecified atom stereocenters. The molecule has 0 aliphatic rings. The second kappa shape index (κ2) is 12.5. The minimum absolute atomic E-state index is 0.196. The van der Waals surface area contributed by atoms with E-state index >= 15 is 0 Å². The summed E-state index contributed by atoms with van der Waals surface area (Å²) in [6.07, 6.45) is 4.17. The van der Waals surface area contributed by atoms with Gasteiger partial charge in [-0.3, -0.25) is 20.4 Å². The van der Waals surface area contributed by atoms with Crippen molar-refractivity contribution < 1.29 is 19.1 Å². The molecule has 2 aromatic rings. The normalized spacial score (nSPS) is 11.4. The van der Waals surface area contributed by atoms with Gasteiger partial charge in [0.25, 0.3) is 11.8 Å². The fraction of sp³-hybridized carbons (Fsp3) is 0.417. The number of hydrogen-bond donors (Lipinski definition) is 2. The second-order valence-electron chi connectivity index (χ2n) is 7.22. The summed E-state index contributed by atoms with van der Waals surface area (Å²) in [5.41, 5.74) is 6.39. The molecule has 2 N–H and O–H groups in total. The van der Waals surface area contributed by atoms with E-state index in [0.717, 1.165) is 25.7 Å². The van der Waals surface area contributed by atoms with Crippen LogP contribution in [-0.4, -0.2) is 25.0 Å². The molecule has 0 heterocycles. The third-order valence-corrected chi connectivity index (χ3v) is 4.88. The highest BCUT2D eigenvalue weighted by molar-refractivity contribution is 5.97. The predicted octanol–water partition coefficient (Wildman–Crippen LogP) is 4.61. The van der Waals surface area contributed by atoms with Crippen molar-refractivity contribution in [3.63, 3.8) is 0 Å². The van der Waals surface area contributed by atoms with E-state index in [1.165, 1.54) is 5.56 Å². The number of hydrazine groups is 1. The summed E-state index contributed by atoms with van der Waals surface area (Å²) in [5, 5.41) is 0. The molecule has 0 bridgehead atoms. The average molecular weight is 413 g/mol. The Morgan fingerprint density at radius 3 is 2.37 bits per heavy atom. The molecule has 162 valence electrons. The number of benzene rings is 2. The van der Waals surface area contributed by atoms with Gasteiger partial charge in [-0.15, -0.1) is 0 Å². The van der Waals surface area contributed by atoms with Crippen LogP contribution in [-0.2, 0) is 4.79 Å². The van der Waals surface area contributed by atoms with Crippen molar-refractivity contribution in [2.75, 3.05) is 13.2 Å². The van der Waals surface area contributed by atoms with Gasteiger partial charge in [-0.05, 0) is 48.6 Å². The Kier molecular flexibility index (Phi) is 9.71. The summed E-state index contributed by atoms with van der Waals surface area (Å²) in [4.78, 5) is 24.4. The lowest BCUT2D eigenvalue weighted by molar-refractivity contribution is -0.123. The standard InChI is InChI=1S/C24H32N2O4/c1-4-6-9-16-29-22-11-8-7-10-21(22)24(28)26-25-23(27)17-30-20-14-12-19(13-15-20)18(3)5-2/h7-8,10-15,18H,4-6,9,16-17H2,1-3H3,(H,25,27)(H,26,28)/t18-/m1/s1. The molecule has 0 aliphatic heterocycles. The Morgan fingerprint density at radius 1 is 0.933 bits per heavy atom. The average Bonchev–Trinajstić information content (AvgIpc) is 2.79. The molecule has 0 aliphatic carbocycles. The Bertz CT molecular complexity index is 805. The van der Waals surface area contributed by atoms with E-state index in [9.17, 15) is 9.59 Å². The van der Waals surface area contributed by atoms with E-state index in [2.05, 4.69) is 31.6 Å². The zero-order chi connectivity index (χ0) is 21.8. The molecule has 30 heavy (non-hydrogen) atoms. The lowest BCUT2D eigenvalue weighted by atomic mass is 9.99. The van der Waals surface area contributed by atoms with Gasteiger partial charge in [-0.1, -0.05) is 57.9 Å². The number of hydrogen-bond acceptors (Lipinski definition) is 4. The van der Waals surface area contributed by atoms with Crippen LogP contribution in [0.15, 0.2) is 48.5 Å². The van der Waals surface area contributed by atoms with Gasteiger partial charge in [-0.2, -0.15) is 0 Å². The molecular weight excluding hydrogens is 380 g/mol. The topological polar surface area (TPSA) is 76.7 Å². The first-order valence-corrected chi connectivity index (χ1v) is 10.6. The number of carbonyl (C=O) groups excluding carboxylic acids is 2. The van der Waals surface area contributed by atoms with Crippen LogP contribution in [0.1, 0.15) is 68.3 Å². The van der Waals surface area contributed by atoms with Crippen LogP contribution in [0.5, 0.6) is 11.5 Å². The Hall–Kier alpha value is -3.02. The van der Waals surface area contributed by atoms with Crippen LogP contribution in [0.25, 0.3) is 0 Å². The molecule has 0 fully saturated rings. The number of rotatable bonds is 11. The van der Waals surface area contributed by atoms with E-state index < -0.39 is 11.8 Å². The lowest BCUT2D eigenvalue weighted by Gasteiger charge is -2.13. The van der Waals surface area contributed by atoms with E-state index in [0.29, 0.717) is 29.6 Å². The molecule has 6 nitrogen and oxygen atoms in total. The fourth-order valence-electron chi connectivity index (χ4n) is 2.82. The fourth-order valence-corrected chi connectivity index (χ4v) is 2.82. The third-order valence-electron chi connectivity index (χ3n) is 4.88. The second-order valence-corrected chi connectivity index (χ2v) is 7.22. The van der Waals surface area contributed by atoms with Crippen LogP contribution in [0.2, 0.25) is 0 Å². The first-order valence-electron chi connectivity index (χ1n) is 10.6. The minimum Gasteiger partial charge on any atom is -0.493 e. The van der Waals surface area contributed by atoms with E-state index in [1.54, 1.807) is 18.2 Å². The van der Waals surface area contributed by atoms with Crippen molar-refractivity contribution in [1.29, 1.82) is 0 Å². The largest absolute Gasteiger partial charge is 0.493 e. The SMILES string of the molecule is CCCCCOc1ccccc1C(=O)NNC(=O)COc1ccc([C@H](C)CC)cc1. The number of para-hydroxylation sites is 1. The molecule has 0 radical (unpaired) electrons. The highest BCUT2D eigenvalue weighted by atomic mass is 16.5. The maximum Gasteiger partial charge on any atom is 0.276 e.